The van der Waals surface area contributed by atoms with E-state index in [1.54, 1.807) is 49.1 Å². The molecule has 6 rings (SSSR count). The van der Waals surface area contributed by atoms with E-state index in [9.17, 15) is 8.78 Å². The zero-order valence-corrected chi connectivity index (χ0v) is 23.7. The van der Waals surface area contributed by atoms with E-state index in [1.807, 2.05) is 36.4 Å². The molecule has 4 nitrogen and oxygen atoms in total. The Morgan fingerprint density at radius 1 is 0.625 bits per heavy atom. The Bertz CT molecular complexity index is 1750. The summed E-state index contributed by atoms with van der Waals surface area (Å²) < 4.78 is 27.2. The molecule has 40 heavy (non-hydrogen) atoms. The molecule has 0 aliphatic heterocycles. The van der Waals surface area contributed by atoms with Crippen LogP contribution in [0.3, 0.4) is 0 Å². The molecule has 2 heterocycles. The molecular weight excluding hydrogens is 620 g/mol. The molecular formula is C30H20BBrCl2F2N2O2. The fraction of sp³-hybridized carbons (Fsp3) is 0. The molecule has 6 aromatic rings. The minimum Gasteiger partial charge on any atom is -0.423 e. The maximum absolute atomic E-state index is 13.5. The van der Waals surface area contributed by atoms with Crippen LogP contribution in [0, 0.1) is 11.6 Å². The van der Waals surface area contributed by atoms with Gasteiger partial charge in [-0.15, -0.1) is 0 Å². The van der Waals surface area contributed by atoms with Crippen molar-refractivity contribution in [2.45, 2.75) is 0 Å². The zero-order valence-electron chi connectivity index (χ0n) is 20.6. The zero-order chi connectivity index (χ0) is 28.6. The lowest BCUT2D eigenvalue weighted by atomic mass is 9.81. The predicted octanol–water partition coefficient (Wildman–Crippen LogP) is 7.85. The van der Waals surface area contributed by atoms with Crippen molar-refractivity contribution in [3.05, 3.63) is 136 Å². The largest absolute Gasteiger partial charge is 0.488 e. The van der Waals surface area contributed by atoms with Gasteiger partial charge in [0, 0.05) is 51.0 Å². The molecule has 200 valence electrons. The summed E-state index contributed by atoms with van der Waals surface area (Å²) in [5, 5.41) is 20.9. The minimum absolute atomic E-state index is 0.337. The molecule has 10 heteroatoms. The van der Waals surface area contributed by atoms with Crippen molar-refractivity contribution < 1.29 is 18.8 Å². The van der Waals surface area contributed by atoms with Crippen LogP contribution in [0.15, 0.2) is 114 Å². The third-order valence-electron chi connectivity index (χ3n) is 5.72. The van der Waals surface area contributed by atoms with E-state index >= 15 is 0 Å². The number of aromatic nitrogens is 2. The van der Waals surface area contributed by atoms with Crippen molar-refractivity contribution in [1.29, 1.82) is 0 Å². The summed E-state index contributed by atoms with van der Waals surface area (Å²) >= 11 is 15.2. The number of nitrogens with zero attached hydrogens (tertiary/aromatic N) is 2. The molecule has 0 atom stereocenters. The Morgan fingerprint density at radius 2 is 1.12 bits per heavy atom. The Kier molecular flexibility index (Phi) is 10.2. The van der Waals surface area contributed by atoms with Gasteiger partial charge in [-0.3, -0.25) is 9.97 Å². The molecule has 0 amide bonds. The molecule has 4 aromatic carbocycles. The molecule has 0 aliphatic carbocycles. The van der Waals surface area contributed by atoms with Gasteiger partial charge in [0.2, 0.25) is 0 Å². The van der Waals surface area contributed by atoms with Crippen LogP contribution < -0.4 is 5.46 Å². The number of halogens is 5. The fourth-order valence-electron chi connectivity index (χ4n) is 3.83. The first-order chi connectivity index (χ1) is 19.2. The van der Waals surface area contributed by atoms with E-state index in [0.29, 0.717) is 15.5 Å². The second kappa shape index (κ2) is 13.8. The number of fused-ring (bicyclic) bond motifs is 2. The van der Waals surface area contributed by atoms with Crippen molar-refractivity contribution in [3.63, 3.8) is 0 Å². The smallest absolute Gasteiger partial charge is 0.423 e. The van der Waals surface area contributed by atoms with Crippen molar-refractivity contribution in [2.75, 3.05) is 0 Å². The summed E-state index contributed by atoms with van der Waals surface area (Å²) in [5.41, 5.74) is 2.41. The maximum atomic E-state index is 13.5. The Hall–Kier alpha value is -3.40. The summed E-state index contributed by atoms with van der Waals surface area (Å²) in [6.07, 6.45) is 6.61. The van der Waals surface area contributed by atoms with Gasteiger partial charge in [-0.2, -0.15) is 0 Å². The van der Waals surface area contributed by atoms with Crippen molar-refractivity contribution in [2.24, 2.45) is 0 Å². The first kappa shape index (κ1) is 29.6. The third kappa shape index (κ3) is 7.41. The Balaban J connectivity index is 0.000000148. The number of pyridine rings is 2. The van der Waals surface area contributed by atoms with Crippen molar-refractivity contribution >= 4 is 73.3 Å². The maximum Gasteiger partial charge on any atom is 0.488 e. The van der Waals surface area contributed by atoms with Gasteiger partial charge in [0.05, 0.1) is 10.0 Å². The summed E-state index contributed by atoms with van der Waals surface area (Å²) in [6, 6.07) is 23.9. The van der Waals surface area contributed by atoms with Crippen LogP contribution in [0.1, 0.15) is 0 Å². The second-order valence-electron chi connectivity index (χ2n) is 8.42. The van der Waals surface area contributed by atoms with Gasteiger partial charge in [-0.25, -0.2) is 8.78 Å². The average molecular weight is 640 g/mol. The molecule has 0 spiro atoms. The number of rotatable bonds is 2. The summed E-state index contributed by atoms with van der Waals surface area (Å²) in [7, 11) is -1.34. The second-order valence-corrected chi connectivity index (χ2v) is 10.1. The lowest BCUT2D eigenvalue weighted by Crippen LogP contribution is -2.29. The molecule has 0 unspecified atom stereocenters. The summed E-state index contributed by atoms with van der Waals surface area (Å²) in [4.78, 5) is 8.12. The fourth-order valence-corrected chi connectivity index (χ4v) is 4.78. The van der Waals surface area contributed by atoms with Crippen LogP contribution in [0.25, 0.3) is 32.7 Å². The summed E-state index contributed by atoms with van der Waals surface area (Å²) in [5.74, 6) is -0.680. The van der Waals surface area contributed by atoms with Gasteiger partial charge in [-0.1, -0.05) is 83.9 Å². The van der Waals surface area contributed by atoms with Gasteiger partial charge in [0.25, 0.3) is 0 Å². The first-order valence-corrected chi connectivity index (χ1v) is 13.4. The van der Waals surface area contributed by atoms with E-state index in [4.69, 9.17) is 33.2 Å². The summed E-state index contributed by atoms with van der Waals surface area (Å²) in [6.45, 7) is 0. The lowest BCUT2D eigenvalue weighted by Gasteiger charge is -2.07. The monoisotopic (exact) mass is 638 g/mol. The predicted molar refractivity (Wildman–Crippen MR) is 163 cm³/mol. The molecule has 2 aromatic heterocycles. The highest BCUT2D eigenvalue weighted by Gasteiger charge is 2.09. The Morgan fingerprint density at radius 3 is 1.68 bits per heavy atom. The van der Waals surface area contributed by atoms with E-state index in [2.05, 4.69) is 25.9 Å². The highest BCUT2D eigenvalue weighted by Crippen LogP contribution is 2.32. The SMILES string of the molecule is Fc1cc(Cl)c2cncc(-c3ccccc3)c2c1.Fc1cc(Cl)c2cncc(Br)c2c1.OB(O)c1ccccc1. The van der Waals surface area contributed by atoms with Crippen molar-refractivity contribution in [1.82, 2.24) is 9.97 Å². The first-order valence-electron chi connectivity index (χ1n) is 11.8. The molecule has 0 radical (unpaired) electrons. The molecule has 0 fully saturated rings. The Labute approximate surface area is 248 Å². The van der Waals surface area contributed by atoms with Gasteiger partial charge in [0.1, 0.15) is 11.6 Å². The van der Waals surface area contributed by atoms with Crippen LogP contribution >= 0.6 is 39.1 Å². The number of benzene rings is 4. The topological polar surface area (TPSA) is 66.2 Å². The number of hydrogen-bond acceptors (Lipinski definition) is 4. The van der Waals surface area contributed by atoms with Gasteiger partial charge >= 0.3 is 7.12 Å². The van der Waals surface area contributed by atoms with Gasteiger partial charge < -0.3 is 10.0 Å². The van der Waals surface area contributed by atoms with Crippen LogP contribution in [0.4, 0.5) is 8.78 Å². The van der Waals surface area contributed by atoms with Crippen LogP contribution in [-0.4, -0.2) is 27.1 Å². The van der Waals surface area contributed by atoms with E-state index < -0.39 is 7.12 Å². The van der Waals surface area contributed by atoms with Crippen LogP contribution in [0.2, 0.25) is 10.0 Å². The van der Waals surface area contributed by atoms with Crippen molar-refractivity contribution in [3.8, 4) is 11.1 Å². The quantitative estimate of drug-likeness (QED) is 0.189. The van der Waals surface area contributed by atoms with Crippen LogP contribution in [-0.2, 0) is 0 Å². The minimum atomic E-state index is -1.34. The highest BCUT2D eigenvalue weighted by molar-refractivity contribution is 9.10. The van der Waals surface area contributed by atoms with E-state index in [-0.39, 0.29) is 11.6 Å². The molecule has 0 saturated heterocycles. The molecule has 2 N–H and O–H groups in total. The highest BCUT2D eigenvalue weighted by atomic mass is 79.9. The molecule has 0 aliphatic rings. The van der Waals surface area contributed by atoms with E-state index in [1.165, 1.54) is 24.3 Å². The third-order valence-corrected chi connectivity index (χ3v) is 6.97. The average Bonchev–Trinajstić information content (AvgIpc) is 2.95. The van der Waals surface area contributed by atoms with Crippen LogP contribution in [0.5, 0.6) is 0 Å². The normalized spacial score (nSPS) is 10.4. The lowest BCUT2D eigenvalue weighted by molar-refractivity contribution is 0.426. The van der Waals surface area contributed by atoms with E-state index in [0.717, 1.165) is 37.1 Å². The molecule has 0 saturated carbocycles. The van der Waals surface area contributed by atoms with Gasteiger partial charge in [0.15, 0.2) is 0 Å². The van der Waals surface area contributed by atoms with Gasteiger partial charge in [-0.05, 0) is 56.6 Å². The number of hydrogen-bond donors (Lipinski definition) is 2. The molecule has 0 bridgehead atoms. The standard InChI is InChI=1S/C15H9ClFN.C9H4BrClFN.C6H7BO2/c16-15-7-11(17)6-12-13(8-18-9-14(12)15)10-4-2-1-3-5-10;10-8-4-13-3-7-6(8)1-5(12)2-9(7)11;8-7(9)6-4-2-1-3-5-6/h1-9H;1-4H;1-5,8-9H.